The lowest BCUT2D eigenvalue weighted by atomic mass is 10.1. The van der Waals surface area contributed by atoms with Crippen LogP contribution in [0.5, 0.6) is 5.75 Å². The second-order valence-corrected chi connectivity index (χ2v) is 7.55. The van der Waals surface area contributed by atoms with Crippen molar-refractivity contribution in [2.24, 2.45) is 0 Å². The molecule has 2 atom stereocenters. The molecule has 1 fully saturated rings. The van der Waals surface area contributed by atoms with E-state index >= 15 is 0 Å². The third kappa shape index (κ3) is 6.16. The second-order valence-electron chi connectivity index (χ2n) is 7.55. The maximum atomic E-state index is 14.5. The highest BCUT2D eigenvalue weighted by molar-refractivity contribution is 5.96. The minimum Gasteiger partial charge on any atom is -0.501 e. The van der Waals surface area contributed by atoms with Crippen molar-refractivity contribution in [1.82, 2.24) is 10.2 Å². The van der Waals surface area contributed by atoms with Crippen LogP contribution in [0.1, 0.15) is 39.7 Å². The minimum absolute atomic E-state index is 0.0307. The average molecular weight is 440 g/mol. The number of piperazine rings is 1. The van der Waals surface area contributed by atoms with Crippen molar-refractivity contribution in [3.8, 4) is 5.75 Å². The van der Waals surface area contributed by atoms with Crippen LogP contribution in [-0.4, -0.2) is 55.6 Å². The number of ether oxygens (including phenoxy) is 3. The third-order valence-electron chi connectivity index (χ3n) is 5.39. The molecule has 1 saturated heterocycles. The van der Waals surface area contributed by atoms with Crippen molar-refractivity contribution in [3.63, 3.8) is 0 Å². The van der Waals surface area contributed by atoms with Gasteiger partial charge in [-0.3, -0.25) is 4.90 Å². The van der Waals surface area contributed by atoms with Crippen LogP contribution in [0.25, 0.3) is 0 Å². The molecule has 1 aromatic rings. The van der Waals surface area contributed by atoms with Crippen molar-refractivity contribution in [2.75, 3.05) is 26.8 Å². The van der Waals surface area contributed by atoms with Crippen molar-refractivity contribution in [1.29, 1.82) is 5.41 Å². The van der Waals surface area contributed by atoms with Gasteiger partial charge in [0.2, 0.25) is 0 Å². The maximum Gasteiger partial charge on any atom is 0.410 e. The van der Waals surface area contributed by atoms with Gasteiger partial charge in [0.05, 0.1) is 12.7 Å². The largest absolute Gasteiger partial charge is 0.501 e. The Morgan fingerprint density at radius 3 is 2.45 bits per heavy atom. The standard InChI is InChI=1S/C22H31F2N3O4/c1-6-16-10-26-9-13(2)27(16)22(28)31-12-19-20(23)7-17(8-21(19)24)30-11-18(14(3)25)15(4)29-5/h7-8,13,16,25-26H,6,9-12H2,1-5H3/b18-15-,25-14?/t13-,16+/m1/s1. The fraction of sp³-hybridized carbons (Fsp3) is 0.545. The van der Waals surface area contributed by atoms with Crippen LogP contribution in [0.3, 0.4) is 0 Å². The molecule has 7 nitrogen and oxygen atoms in total. The Hall–Kier alpha value is -2.68. The summed E-state index contributed by atoms with van der Waals surface area (Å²) in [5, 5.41) is 11.0. The number of allylic oxidation sites excluding steroid dienone is 1. The number of hydrogen-bond acceptors (Lipinski definition) is 6. The van der Waals surface area contributed by atoms with E-state index in [1.165, 1.54) is 7.11 Å². The zero-order valence-electron chi connectivity index (χ0n) is 18.7. The molecule has 0 unspecified atom stereocenters. The SMILES string of the molecule is CC[C@H]1CNC[C@@H](C)N1C(=O)OCc1c(F)cc(OC/C(C(C)=N)=C(\C)OC)cc1F. The molecule has 1 amide bonds. The van der Waals surface area contributed by atoms with Gasteiger partial charge in [0.15, 0.2) is 0 Å². The van der Waals surface area contributed by atoms with Gasteiger partial charge in [-0.25, -0.2) is 13.6 Å². The fourth-order valence-electron chi connectivity index (χ4n) is 3.45. The van der Waals surface area contributed by atoms with E-state index in [-0.39, 0.29) is 35.7 Å². The molecule has 0 saturated carbocycles. The molecular weight excluding hydrogens is 408 g/mol. The highest BCUT2D eigenvalue weighted by Gasteiger charge is 2.32. The smallest absolute Gasteiger partial charge is 0.410 e. The van der Waals surface area contributed by atoms with E-state index in [1.807, 2.05) is 13.8 Å². The van der Waals surface area contributed by atoms with Gasteiger partial charge in [-0.15, -0.1) is 0 Å². The highest BCUT2D eigenvalue weighted by Crippen LogP contribution is 2.23. The monoisotopic (exact) mass is 439 g/mol. The molecule has 0 aromatic heterocycles. The Balaban J connectivity index is 2.07. The van der Waals surface area contributed by atoms with E-state index in [0.29, 0.717) is 24.4 Å². The van der Waals surface area contributed by atoms with Gasteiger partial charge in [0.25, 0.3) is 0 Å². The number of carbonyl (C=O) groups is 1. The molecule has 172 valence electrons. The van der Waals surface area contributed by atoms with Crippen LogP contribution in [0.2, 0.25) is 0 Å². The molecule has 2 N–H and O–H groups in total. The molecule has 0 aliphatic carbocycles. The number of nitrogens with zero attached hydrogens (tertiary/aromatic N) is 1. The summed E-state index contributed by atoms with van der Waals surface area (Å²) in [7, 11) is 1.47. The Bertz CT molecular complexity index is 821. The Labute approximate surface area is 181 Å². The first kappa shape index (κ1) is 24.6. The van der Waals surface area contributed by atoms with Crippen LogP contribution in [0.4, 0.5) is 13.6 Å². The van der Waals surface area contributed by atoms with Crippen LogP contribution in [0, 0.1) is 17.0 Å². The summed E-state index contributed by atoms with van der Waals surface area (Å²) >= 11 is 0. The third-order valence-corrected chi connectivity index (χ3v) is 5.39. The summed E-state index contributed by atoms with van der Waals surface area (Å²) < 4.78 is 44.8. The number of nitrogens with one attached hydrogen (secondary N) is 2. The molecule has 0 bridgehead atoms. The molecule has 1 aromatic carbocycles. The minimum atomic E-state index is -0.872. The molecular formula is C22H31F2N3O4. The number of benzene rings is 1. The first-order valence-corrected chi connectivity index (χ1v) is 10.2. The number of hydrogen-bond donors (Lipinski definition) is 2. The van der Waals surface area contributed by atoms with E-state index in [0.717, 1.165) is 18.6 Å². The number of halogens is 2. The first-order chi connectivity index (χ1) is 14.7. The fourth-order valence-corrected chi connectivity index (χ4v) is 3.45. The maximum absolute atomic E-state index is 14.5. The van der Waals surface area contributed by atoms with Crippen molar-refractivity contribution in [3.05, 3.63) is 40.7 Å². The molecule has 1 aliphatic heterocycles. The van der Waals surface area contributed by atoms with Gasteiger partial charge in [0.1, 0.15) is 36.4 Å². The molecule has 1 aliphatic rings. The molecule has 31 heavy (non-hydrogen) atoms. The van der Waals surface area contributed by atoms with Crippen LogP contribution >= 0.6 is 0 Å². The Morgan fingerprint density at radius 2 is 1.90 bits per heavy atom. The summed E-state index contributed by atoms with van der Waals surface area (Å²) in [6.07, 6.45) is 0.154. The highest BCUT2D eigenvalue weighted by atomic mass is 19.1. The summed E-state index contributed by atoms with van der Waals surface area (Å²) in [6, 6.07) is 1.96. The number of rotatable bonds is 8. The van der Waals surface area contributed by atoms with Gasteiger partial charge in [0, 0.05) is 48.6 Å². The van der Waals surface area contributed by atoms with Crippen LogP contribution < -0.4 is 10.1 Å². The van der Waals surface area contributed by atoms with Crippen molar-refractivity contribution >= 4 is 11.8 Å². The zero-order valence-corrected chi connectivity index (χ0v) is 18.7. The quantitative estimate of drug-likeness (QED) is 0.472. The summed E-state index contributed by atoms with van der Waals surface area (Å²) in [6.45, 7) is 7.82. The van der Waals surface area contributed by atoms with Crippen LogP contribution in [-0.2, 0) is 16.1 Å². The predicted octanol–water partition coefficient (Wildman–Crippen LogP) is 4.01. The predicted molar refractivity (Wildman–Crippen MR) is 113 cm³/mol. The van der Waals surface area contributed by atoms with Crippen molar-refractivity contribution < 1.29 is 27.8 Å². The molecule has 9 heteroatoms. The van der Waals surface area contributed by atoms with Gasteiger partial charge >= 0.3 is 6.09 Å². The number of methoxy groups -OCH3 is 1. The number of carbonyl (C=O) groups excluding carboxylic acids is 1. The second kappa shape index (κ2) is 11.1. The number of amides is 1. The van der Waals surface area contributed by atoms with E-state index in [4.69, 9.17) is 19.6 Å². The average Bonchev–Trinajstić information content (AvgIpc) is 2.72. The summed E-state index contributed by atoms with van der Waals surface area (Å²) in [5.74, 6) is -1.29. The Morgan fingerprint density at radius 1 is 1.26 bits per heavy atom. The van der Waals surface area contributed by atoms with E-state index in [2.05, 4.69) is 5.32 Å². The molecule has 2 rings (SSSR count). The van der Waals surface area contributed by atoms with Gasteiger partial charge in [-0.1, -0.05) is 6.92 Å². The van der Waals surface area contributed by atoms with Gasteiger partial charge in [-0.2, -0.15) is 0 Å². The Kier molecular flexibility index (Phi) is 8.79. The van der Waals surface area contributed by atoms with E-state index in [1.54, 1.807) is 18.7 Å². The normalized spacial score (nSPS) is 19.5. The van der Waals surface area contributed by atoms with E-state index < -0.39 is 24.3 Å². The van der Waals surface area contributed by atoms with E-state index in [9.17, 15) is 13.6 Å². The molecule has 0 radical (unpaired) electrons. The summed E-state index contributed by atoms with van der Waals surface area (Å²) in [4.78, 5) is 14.2. The molecule has 0 spiro atoms. The lowest BCUT2D eigenvalue weighted by molar-refractivity contribution is 0.0499. The van der Waals surface area contributed by atoms with Gasteiger partial charge in [-0.05, 0) is 27.2 Å². The van der Waals surface area contributed by atoms with Crippen molar-refractivity contribution in [2.45, 2.75) is 52.8 Å². The zero-order chi connectivity index (χ0) is 23.1. The lowest BCUT2D eigenvalue weighted by Gasteiger charge is -2.39. The molecule has 1 heterocycles. The van der Waals surface area contributed by atoms with Crippen LogP contribution in [0.15, 0.2) is 23.5 Å². The first-order valence-electron chi connectivity index (χ1n) is 10.2. The summed E-state index contributed by atoms with van der Waals surface area (Å²) in [5.41, 5.74) is 0.372. The lowest BCUT2D eigenvalue weighted by Crippen LogP contribution is -2.58. The van der Waals surface area contributed by atoms with Gasteiger partial charge < -0.3 is 24.9 Å². The topological polar surface area (TPSA) is 83.9 Å².